The number of aliphatic hydroxyl groups is 1. The molecule has 2 unspecified atom stereocenters. The van der Waals surface area contributed by atoms with Gasteiger partial charge in [0.05, 0.1) is 12.7 Å². The Morgan fingerprint density at radius 2 is 2.08 bits per heavy atom. The van der Waals surface area contributed by atoms with E-state index in [0.717, 1.165) is 63.4 Å². The van der Waals surface area contributed by atoms with Gasteiger partial charge in [0.1, 0.15) is 5.75 Å². The van der Waals surface area contributed by atoms with Crippen LogP contribution in [0.3, 0.4) is 0 Å². The summed E-state index contributed by atoms with van der Waals surface area (Å²) in [6, 6.07) is 8.06. The summed E-state index contributed by atoms with van der Waals surface area (Å²) in [5.41, 5.74) is 0.584. The van der Waals surface area contributed by atoms with Gasteiger partial charge in [0.2, 0.25) is 0 Å². The van der Waals surface area contributed by atoms with Gasteiger partial charge in [-0.25, -0.2) is 0 Å². The van der Waals surface area contributed by atoms with Gasteiger partial charge >= 0.3 is 0 Å². The smallest absolute Gasteiger partial charge is 0.126 e. The van der Waals surface area contributed by atoms with Crippen LogP contribution in [0.2, 0.25) is 0 Å². The Bertz CT molecular complexity index is 582. The SMILES string of the molecule is COc1ccccc1C=CCN1CCC(O)(C2CCOCC2)C(C)C1. The van der Waals surface area contributed by atoms with Crippen LogP contribution in [0, 0.1) is 11.8 Å². The summed E-state index contributed by atoms with van der Waals surface area (Å²) in [5.74, 6) is 1.59. The maximum absolute atomic E-state index is 11.2. The molecule has 2 fully saturated rings. The summed E-state index contributed by atoms with van der Waals surface area (Å²) in [7, 11) is 1.70. The van der Waals surface area contributed by atoms with Crippen LogP contribution in [0.1, 0.15) is 31.7 Å². The van der Waals surface area contributed by atoms with Crippen molar-refractivity contribution in [2.45, 2.75) is 31.8 Å². The molecule has 2 atom stereocenters. The lowest BCUT2D eigenvalue weighted by atomic mass is 9.70. The van der Waals surface area contributed by atoms with Gasteiger partial charge in [-0.05, 0) is 37.2 Å². The number of benzene rings is 1. The number of hydrogen-bond acceptors (Lipinski definition) is 4. The molecule has 2 saturated heterocycles. The Morgan fingerprint density at radius 1 is 1.32 bits per heavy atom. The number of nitrogens with zero attached hydrogens (tertiary/aromatic N) is 1. The van der Waals surface area contributed by atoms with Crippen molar-refractivity contribution >= 4 is 6.08 Å². The zero-order valence-electron chi connectivity index (χ0n) is 15.5. The molecule has 0 bridgehead atoms. The molecule has 2 aliphatic heterocycles. The van der Waals surface area contributed by atoms with E-state index in [4.69, 9.17) is 9.47 Å². The fourth-order valence-electron chi connectivity index (χ4n) is 4.32. The summed E-state index contributed by atoms with van der Waals surface area (Å²) in [6.45, 7) is 6.60. The summed E-state index contributed by atoms with van der Waals surface area (Å²) >= 11 is 0. The molecule has 0 radical (unpaired) electrons. The molecule has 1 N–H and O–H groups in total. The van der Waals surface area contributed by atoms with Crippen LogP contribution in [0.15, 0.2) is 30.3 Å². The van der Waals surface area contributed by atoms with Crippen molar-refractivity contribution in [3.8, 4) is 5.75 Å². The van der Waals surface area contributed by atoms with E-state index in [2.05, 4.69) is 30.0 Å². The molecular formula is C21H31NO3. The highest BCUT2D eigenvalue weighted by Gasteiger charge is 2.44. The van der Waals surface area contributed by atoms with Gasteiger partial charge in [0, 0.05) is 38.4 Å². The van der Waals surface area contributed by atoms with Crippen molar-refractivity contribution in [1.29, 1.82) is 0 Å². The standard InChI is InChI=1S/C21H31NO3/c1-17-16-22(12-5-7-18-6-3-4-8-20(18)24-2)13-11-21(17,23)19-9-14-25-15-10-19/h3-8,17,19,23H,9-16H2,1-2H3. The van der Waals surface area contributed by atoms with E-state index < -0.39 is 5.60 Å². The zero-order valence-corrected chi connectivity index (χ0v) is 15.5. The van der Waals surface area contributed by atoms with Gasteiger partial charge in [0.15, 0.2) is 0 Å². The topological polar surface area (TPSA) is 41.9 Å². The molecule has 0 amide bonds. The zero-order chi connectivity index (χ0) is 17.7. The predicted molar refractivity (Wildman–Crippen MR) is 101 cm³/mol. The lowest BCUT2D eigenvalue weighted by Crippen LogP contribution is -2.55. The first-order chi connectivity index (χ1) is 12.1. The largest absolute Gasteiger partial charge is 0.496 e. The Hall–Kier alpha value is -1.36. The van der Waals surface area contributed by atoms with Crippen LogP contribution in [0.5, 0.6) is 5.75 Å². The molecule has 2 heterocycles. The number of rotatable bonds is 5. The Labute approximate surface area is 151 Å². The first-order valence-electron chi connectivity index (χ1n) is 9.45. The maximum atomic E-state index is 11.2. The van der Waals surface area contributed by atoms with Crippen LogP contribution in [0.25, 0.3) is 6.08 Å². The van der Waals surface area contributed by atoms with Gasteiger partial charge in [-0.2, -0.15) is 0 Å². The van der Waals surface area contributed by atoms with E-state index in [0.29, 0.717) is 11.8 Å². The Kier molecular flexibility index (Phi) is 6.15. The minimum atomic E-state index is -0.521. The molecule has 25 heavy (non-hydrogen) atoms. The average molecular weight is 345 g/mol. The monoisotopic (exact) mass is 345 g/mol. The van der Waals surface area contributed by atoms with Crippen LogP contribution in [-0.2, 0) is 4.74 Å². The van der Waals surface area contributed by atoms with Crippen molar-refractivity contribution in [3.63, 3.8) is 0 Å². The molecule has 0 aromatic heterocycles. The molecule has 1 aromatic rings. The Balaban J connectivity index is 1.55. The number of likely N-dealkylation sites (tertiary alicyclic amines) is 1. The van der Waals surface area contributed by atoms with Crippen molar-refractivity contribution in [2.75, 3.05) is 40.0 Å². The Morgan fingerprint density at radius 3 is 2.80 bits per heavy atom. The van der Waals surface area contributed by atoms with E-state index in [1.807, 2.05) is 18.2 Å². The van der Waals surface area contributed by atoms with Gasteiger partial charge in [-0.1, -0.05) is 37.3 Å². The number of ether oxygens (including phenoxy) is 2. The number of methoxy groups -OCH3 is 1. The minimum absolute atomic E-state index is 0.295. The fourth-order valence-corrected chi connectivity index (χ4v) is 4.32. The van der Waals surface area contributed by atoms with Gasteiger partial charge in [0.25, 0.3) is 0 Å². The summed E-state index contributed by atoms with van der Waals surface area (Å²) in [4.78, 5) is 2.43. The van der Waals surface area contributed by atoms with Gasteiger partial charge < -0.3 is 14.6 Å². The average Bonchev–Trinajstić information content (AvgIpc) is 2.66. The van der Waals surface area contributed by atoms with Crippen molar-refractivity contribution < 1.29 is 14.6 Å². The highest BCUT2D eigenvalue weighted by Crippen LogP contribution is 2.39. The molecule has 0 saturated carbocycles. The van der Waals surface area contributed by atoms with E-state index >= 15 is 0 Å². The minimum Gasteiger partial charge on any atom is -0.496 e. The maximum Gasteiger partial charge on any atom is 0.126 e. The van der Waals surface area contributed by atoms with Crippen LogP contribution < -0.4 is 4.74 Å². The van der Waals surface area contributed by atoms with Crippen LogP contribution in [0.4, 0.5) is 0 Å². The molecule has 4 nitrogen and oxygen atoms in total. The number of piperidine rings is 1. The molecule has 138 valence electrons. The van der Waals surface area contributed by atoms with Gasteiger partial charge in [-0.3, -0.25) is 4.90 Å². The second-order valence-corrected chi connectivity index (χ2v) is 7.43. The third kappa shape index (κ3) is 4.25. The number of hydrogen-bond donors (Lipinski definition) is 1. The summed E-state index contributed by atoms with van der Waals surface area (Å²) in [6.07, 6.45) is 7.18. The first kappa shape index (κ1) is 18.4. The highest BCUT2D eigenvalue weighted by atomic mass is 16.5. The lowest BCUT2D eigenvalue weighted by Gasteiger charge is -2.48. The van der Waals surface area contributed by atoms with Crippen LogP contribution >= 0.6 is 0 Å². The quantitative estimate of drug-likeness (QED) is 0.890. The molecule has 2 aliphatic rings. The van der Waals surface area contributed by atoms with Crippen LogP contribution in [-0.4, -0.2) is 55.6 Å². The van der Waals surface area contributed by atoms with Gasteiger partial charge in [-0.15, -0.1) is 0 Å². The third-order valence-electron chi connectivity index (χ3n) is 5.94. The van der Waals surface area contributed by atoms with E-state index in [-0.39, 0.29) is 0 Å². The van der Waals surface area contributed by atoms with Crippen molar-refractivity contribution in [3.05, 3.63) is 35.9 Å². The molecule has 0 spiro atoms. The summed E-state index contributed by atoms with van der Waals surface area (Å²) < 4.78 is 10.9. The van der Waals surface area contributed by atoms with E-state index in [1.165, 1.54) is 0 Å². The third-order valence-corrected chi connectivity index (χ3v) is 5.94. The molecule has 4 heteroatoms. The molecular weight excluding hydrogens is 314 g/mol. The summed E-state index contributed by atoms with van der Waals surface area (Å²) in [5, 5.41) is 11.2. The van der Waals surface area contributed by atoms with E-state index in [9.17, 15) is 5.11 Å². The molecule has 1 aromatic carbocycles. The lowest BCUT2D eigenvalue weighted by molar-refractivity contribution is -0.129. The molecule has 3 rings (SSSR count). The predicted octanol–water partition coefficient (Wildman–Crippen LogP) is 3.21. The normalized spacial score (nSPS) is 29.2. The fraction of sp³-hybridized carbons (Fsp3) is 0.619. The van der Waals surface area contributed by atoms with E-state index in [1.54, 1.807) is 7.11 Å². The molecule has 0 aliphatic carbocycles. The number of para-hydroxylation sites is 1. The van der Waals surface area contributed by atoms with Crippen molar-refractivity contribution in [1.82, 2.24) is 4.90 Å². The second kappa shape index (κ2) is 8.35. The van der Waals surface area contributed by atoms with Crippen molar-refractivity contribution in [2.24, 2.45) is 11.8 Å². The first-order valence-corrected chi connectivity index (χ1v) is 9.45. The second-order valence-electron chi connectivity index (χ2n) is 7.43. The highest BCUT2D eigenvalue weighted by molar-refractivity contribution is 5.57.